The highest BCUT2D eigenvalue weighted by Gasteiger charge is 2.23. The summed E-state index contributed by atoms with van der Waals surface area (Å²) >= 11 is 2.86. The molecule has 5 rings (SSSR count). The first-order valence-electron chi connectivity index (χ1n) is 11.5. The van der Waals surface area contributed by atoms with Crippen LogP contribution in [0, 0.1) is 6.92 Å². The zero-order valence-corrected chi connectivity index (χ0v) is 21.2. The molecule has 1 amide bonds. The highest BCUT2D eigenvalue weighted by atomic mass is 32.2. The van der Waals surface area contributed by atoms with Crippen LogP contribution in [0.1, 0.15) is 41.3 Å². The molecule has 1 N–H and O–H groups in total. The summed E-state index contributed by atoms with van der Waals surface area (Å²) in [4.78, 5) is 37.3. The molecule has 0 aliphatic heterocycles. The van der Waals surface area contributed by atoms with Crippen molar-refractivity contribution in [2.45, 2.75) is 44.7 Å². The second kappa shape index (κ2) is 10.1. The average Bonchev–Trinajstić information content (AvgIpc) is 3.26. The molecule has 0 saturated carbocycles. The van der Waals surface area contributed by atoms with Crippen LogP contribution in [0.25, 0.3) is 15.9 Å². The van der Waals surface area contributed by atoms with E-state index in [4.69, 9.17) is 4.98 Å². The number of thiophene rings is 1. The molecule has 0 bridgehead atoms. The van der Waals surface area contributed by atoms with Crippen LogP contribution in [0.15, 0.2) is 63.8 Å². The molecule has 4 aromatic rings. The van der Waals surface area contributed by atoms with Gasteiger partial charge in [-0.15, -0.1) is 11.3 Å². The number of amides is 1. The van der Waals surface area contributed by atoms with Gasteiger partial charge in [-0.1, -0.05) is 35.5 Å². The lowest BCUT2D eigenvalue weighted by atomic mass is 9.97. The van der Waals surface area contributed by atoms with Crippen molar-refractivity contribution >= 4 is 44.9 Å². The van der Waals surface area contributed by atoms with E-state index < -0.39 is 0 Å². The molecule has 178 valence electrons. The molecule has 0 unspecified atom stereocenters. The number of thioether (sulfide) groups is 1. The molecule has 1 aliphatic carbocycles. The van der Waals surface area contributed by atoms with Gasteiger partial charge in [0.15, 0.2) is 5.16 Å². The minimum Gasteiger partial charge on any atom is -0.272 e. The Hall–Kier alpha value is -3.30. The third-order valence-corrected chi connectivity index (χ3v) is 8.13. The number of benzene rings is 1. The zero-order valence-electron chi connectivity index (χ0n) is 19.6. The molecule has 0 radical (unpaired) electrons. The van der Waals surface area contributed by atoms with Gasteiger partial charge in [-0.3, -0.25) is 19.1 Å². The van der Waals surface area contributed by atoms with Crippen LogP contribution in [0.3, 0.4) is 0 Å². The SMILES string of the molecule is CC(=NNC(=O)CSc1nc2sc3c(c2c(=O)n1-c1ccc(C)cc1)CCCC3)c1cccnc1. The number of nitrogens with zero attached hydrogens (tertiary/aromatic N) is 4. The summed E-state index contributed by atoms with van der Waals surface area (Å²) in [5, 5.41) is 5.42. The van der Waals surface area contributed by atoms with Crippen LogP contribution in [-0.2, 0) is 17.6 Å². The molecule has 0 saturated heterocycles. The number of pyridine rings is 1. The summed E-state index contributed by atoms with van der Waals surface area (Å²) in [5.74, 6) is -0.188. The highest BCUT2D eigenvalue weighted by molar-refractivity contribution is 7.99. The van der Waals surface area contributed by atoms with Crippen molar-refractivity contribution in [2.75, 3.05) is 5.75 Å². The molecule has 0 atom stereocenters. The van der Waals surface area contributed by atoms with Gasteiger partial charge in [0.2, 0.25) is 0 Å². The van der Waals surface area contributed by atoms with E-state index in [0.29, 0.717) is 10.9 Å². The lowest BCUT2D eigenvalue weighted by molar-refractivity contribution is -0.118. The van der Waals surface area contributed by atoms with Gasteiger partial charge >= 0.3 is 0 Å². The molecule has 0 fully saturated rings. The number of hydrogen-bond donors (Lipinski definition) is 1. The van der Waals surface area contributed by atoms with E-state index >= 15 is 0 Å². The van der Waals surface area contributed by atoms with Gasteiger partial charge in [-0.2, -0.15) is 5.10 Å². The quantitative estimate of drug-likeness (QED) is 0.179. The predicted molar refractivity (Wildman–Crippen MR) is 142 cm³/mol. The fourth-order valence-corrected chi connectivity index (χ4v) is 6.26. The predicted octanol–water partition coefficient (Wildman–Crippen LogP) is 4.66. The molecule has 1 aromatic carbocycles. The third kappa shape index (κ3) is 4.92. The first-order valence-corrected chi connectivity index (χ1v) is 13.3. The second-order valence-electron chi connectivity index (χ2n) is 8.52. The number of rotatable bonds is 6. The van der Waals surface area contributed by atoms with Crippen molar-refractivity contribution in [1.29, 1.82) is 0 Å². The standard InChI is InChI=1S/C26H25N5O2S2/c1-16-9-11-19(12-10-16)31-25(33)23-20-7-3-4-8-21(20)35-24(23)28-26(31)34-15-22(32)30-29-17(2)18-6-5-13-27-14-18/h5-6,9-14H,3-4,7-8,15H2,1-2H3,(H,30,32). The van der Waals surface area contributed by atoms with E-state index in [9.17, 15) is 9.59 Å². The lowest BCUT2D eigenvalue weighted by Crippen LogP contribution is -2.24. The number of carbonyl (C=O) groups excluding carboxylic acids is 1. The Kier molecular flexibility index (Phi) is 6.79. The first kappa shape index (κ1) is 23.4. The fourth-order valence-electron chi connectivity index (χ4n) is 4.15. The minimum atomic E-state index is -0.270. The summed E-state index contributed by atoms with van der Waals surface area (Å²) in [7, 11) is 0. The smallest absolute Gasteiger partial charge is 0.267 e. The molecule has 3 aromatic heterocycles. The van der Waals surface area contributed by atoms with Crippen LogP contribution in [0.4, 0.5) is 0 Å². The van der Waals surface area contributed by atoms with Gasteiger partial charge < -0.3 is 0 Å². The monoisotopic (exact) mass is 503 g/mol. The fraction of sp³-hybridized carbons (Fsp3) is 0.269. The summed E-state index contributed by atoms with van der Waals surface area (Å²) in [6, 6.07) is 11.5. The Morgan fingerprint density at radius 1 is 1.20 bits per heavy atom. The van der Waals surface area contributed by atoms with E-state index in [1.54, 1.807) is 28.3 Å². The van der Waals surface area contributed by atoms with Crippen molar-refractivity contribution in [3.05, 3.63) is 80.7 Å². The maximum Gasteiger partial charge on any atom is 0.267 e. The van der Waals surface area contributed by atoms with E-state index in [-0.39, 0.29) is 17.2 Å². The Bertz CT molecular complexity index is 1470. The van der Waals surface area contributed by atoms with Crippen LogP contribution in [0.5, 0.6) is 0 Å². The van der Waals surface area contributed by atoms with Gasteiger partial charge in [0, 0.05) is 22.8 Å². The third-order valence-electron chi connectivity index (χ3n) is 6.01. The molecular formula is C26H25N5O2S2. The highest BCUT2D eigenvalue weighted by Crippen LogP contribution is 2.35. The number of carbonyl (C=O) groups is 1. The molecule has 1 aliphatic rings. The van der Waals surface area contributed by atoms with Gasteiger partial charge in [0.1, 0.15) is 4.83 Å². The van der Waals surface area contributed by atoms with Gasteiger partial charge in [-0.25, -0.2) is 10.4 Å². The largest absolute Gasteiger partial charge is 0.272 e. The van der Waals surface area contributed by atoms with Crippen LogP contribution in [-0.4, -0.2) is 31.9 Å². The molecule has 7 nitrogen and oxygen atoms in total. The number of hydrazone groups is 1. The molecule has 35 heavy (non-hydrogen) atoms. The number of nitrogens with one attached hydrogen (secondary N) is 1. The summed E-state index contributed by atoms with van der Waals surface area (Å²) in [6.07, 6.45) is 7.54. The zero-order chi connectivity index (χ0) is 24.4. The van der Waals surface area contributed by atoms with E-state index in [0.717, 1.165) is 58.3 Å². The number of aromatic nitrogens is 3. The Labute approximate surface area is 211 Å². The molecular weight excluding hydrogens is 478 g/mol. The first-order chi connectivity index (χ1) is 17.0. The maximum absolute atomic E-state index is 13.8. The van der Waals surface area contributed by atoms with Gasteiger partial charge in [0.25, 0.3) is 11.5 Å². The number of hydrogen-bond acceptors (Lipinski definition) is 7. The van der Waals surface area contributed by atoms with E-state index in [2.05, 4.69) is 15.5 Å². The Balaban J connectivity index is 1.45. The second-order valence-corrected chi connectivity index (χ2v) is 10.6. The normalized spacial score (nSPS) is 13.6. The summed E-state index contributed by atoms with van der Waals surface area (Å²) in [6.45, 7) is 3.82. The van der Waals surface area contributed by atoms with Crippen molar-refractivity contribution in [3.8, 4) is 5.69 Å². The van der Waals surface area contributed by atoms with Crippen molar-refractivity contribution < 1.29 is 4.79 Å². The summed E-state index contributed by atoms with van der Waals surface area (Å²) in [5.41, 5.74) is 7.05. The Morgan fingerprint density at radius 2 is 2.00 bits per heavy atom. The number of fused-ring (bicyclic) bond motifs is 3. The minimum absolute atomic E-state index is 0.0633. The average molecular weight is 504 g/mol. The van der Waals surface area contributed by atoms with Crippen LogP contribution in [0.2, 0.25) is 0 Å². The maximum atomic E-state index is 13.8. The van der Waals surface area contributed by atoms with E-state index in [1.807, 2.05) is 50.2 Å². The molecule has 9 heteroatoms. The van der Waals surface area contributed by atoms with Crippen molar-refractivity contribution in [2.24, 2.45) is 5.10 Å². The van der Waals surface area contributed by atoms with E-state index in [1.165, 1.54) is 16.6 Å². The summed E-state index contributed by atoms with van der Waals surface area (Å²) < 4.78 is 1.64. The lowest BCUT2D eigenvalue weighted by Gasteiger charge is -2.13. The topological polar surface area (TPSA) is 89.2 Å². The number of aryl methyl sites for hydroxylation is 3. The van der Waals surface area contributed by atoms with Gasteiger partial charge in [-0.05, 0) is 63.3 Å². The van der Waals surface area contributed by atoms with Gasteiger partial charge in [0.05, 0.1) is 22.5 Å². The van der Waals surface area contributed by atoms with Crippen molar-refractivity contribution in [1.82, 2.24) is 20.0 Å². The molecule has 0 spiro atoms. The van der Waals surface area contributed by atoms with Crippen molar-refractivity contribution in [3.63, 3.8) is 0 Å². The van der Waals surface area contributed by atoms with Crippen LogP contribution < -0.4 is 11.0 Å². The molecule has 3 heterocycles. The Morgan fingerprint density at radius 3 is 2.77 bits per heavy atom. The van der Waals surface area contributed by atoms with Crippen LogP contribution >= 0.6 is 23.1 Å².